The first-order valence-corrected chi connectivity index (χ1v) is 5.35. The maximum absolute atomic E-state index is 5.63. The third-order valence-electron chi connectivity index (χ3n) is 2.58. The molecule has 1 aliphatic heterocycles. The molecule has 1 aliphatic rings. The molecule has 0 aliphatic carbocycles. The minimum atomic E-state index is 0.258. The number of likely N-dealkylation sites (N-methyl/N-ethyl adjacent to an activating group) is 1. The highest BCUT2D eigenvalue weighted by Gasteiger charge is 2.16. The lowest BCUT2D eigenvalue weighted by molar-refractivity contribution is 0.0336. The van der Waals surface area contributed by atoms with Crippen LogP contribution >= 0.6 is 0 Å². The number of nitrogens with zero attached hydrogens (tertiary/aromatic N) is 1. The van der Waals surface area contributed by atoms with E-state index in [4.69, 9.17) is 9.15 Å². The fourth-order valence-corrected chi connectivity index (χ4v) is 1.76. The van der Waals surface area contributed by atoms with E-state index in [-0.39, 0.29) is 6.10 Å². The first kappa shape index (κ1) is 10.5. The maximum atomic E-state index is 5.63. The van der Waals surface area contributed by atoms with Crippen LogP contribution in [-0.4, -0.2) is 39.4 Å². The number of anilines is 1. The molecule has 0 bridgehead atoms. The normalized spacial score (nSPS) is 21.6. The topological polar surface area (TPSA) is 37.6 Å². The van der Waals surface area contributed by atoms with E-state index in [0.717, 1.165) is 37.9 Å². The molecular formula is C11H18N2O2. The fourth-order valence-electron chi connectivity index (χ4n) is 1.76. The van der Waals surface area contributed by atoms with Gasteiger partial charge in [-0.3, -0.25) is 0 Å². The first-order chi connectivity index (χ1) is 7.25. The Morgan fingerprint density at radius 1 is 1.53 bits per heavy atom. The van der Waals surface area contributed by atoms with Crippen LogP contribution in [0.2, 0.25) is 0 Å². The molecule has 1 atom stereocenters. The number of ether oxygens (including phenoxy) is 1. The first-order valence-electron chi connectivity index (χ1n) is 5.35. The van der Waals surface area contributed by atoms with Crippen molar-refractivity contribution in [3.8, 4) is 0 Å². The quantitative estimate of drug-likeness (QED) is 0.808. The van der Waals surface area contributed by atoms with E-state index >= 15 is 0 Å². The van der Waals surface area contributed by atoms with Gasteiger partial charge < -0.3 is 19.4 Å². The Bertz CT molecular complexity index is 305. The number of nitrogens with one attached hydrogen (secondary N) is 1. The number of morpholine rings is 1. The predicted octanol–water partition coefficient (Wildman–Crippen LogP) is 1.01. The van der Waals surface area contributed by atoms with Crippen molar-refractivity contribution >= 4 is 5.88 Å². The van der Waals surface area contributed by atoms with Crippen LogP contribution in [0.5, 0.6) is 0 Å². The van der Waals surface area contributed by atoms with Gasteiger partial charge in [0.25, 0.3) is 0 Å². The zero-order chi connectivity index (χ0) is 10.7. The summed E-state index contributed by atoms with van der Waals surface area (Å²) in [5.41, 5.74) is 0. The summed E-state index contributed by atoms with van der Waals surface area (Å²) < 4.78 is 11.2. The summed E-state index contributed by atoms with van der Waals surface area (Å²) in [6, 6.07) is 3.97. The highest BCUT2D eigenvalue weighted by molar-refractivity contribution is 5.35. The smallest absolute Gasteiger partial charge is 0.195 e. The van der Waals surface area contributed by atoms with Crippen LogP contribution in [0, 0.1) is 6.92 Å². The molecule has 84 valence electrons. The number of aryl methyl sites for hydroxylation is 1. The Morgan fingerprint density at radius 3 is 3.00 bits per heavy atom. The molecule has 4 nitrogen and oxygen atoms in total. The van der Waals surface area contributed by atoms with Crippen molar-refractivity contribution < 1.29 is 9.15 Å². The number of hydrogen-bond donors (Lipinski definition) is 1. The van der Waals surface area contributed by atoms with Gasteiger partial charge in [0.15, 0.2) is 5.88 Å². The van der Waals surface area contributed by atoms with E-state index < -0.39 is 0 Å². The molecule has 2 rings (SSSR count). The summed E-state index contributed by atoms with van der Waals surface area (Å²) in [6.45, 7) is 5.50. The van der Waals surface area contributed by atoms with E-state index in [0.29, 0.717) is 0 Å². The zero-order valence-corrected chi connectivity index (χ0v) is 9.32. The molecule has 1 fully saturated rings. The van der Waals surface area contributed by atoms with Gasteiger partial charge in [-0.05, 0) is 13.0 Å². The highest BCUT2D eigenvalue weighted by atomic mass is 16.5. The Morgan fingerprint density at radius 2 is 2.40 bits per heavy atom. The van der Waals surface area contributed by atoms with Crippen LogP contribution in [0.3, 0.4) is 0 Å². The summed E-state index contributed by atoms with van der Waals surface area (Å²) >= 11 is 0. The fraction of sp³-hybridized carbons (Fsp3) is 0.636. The summed E-state index contributed by atoms with van der Waals surface area (Å²) in [4.78, 5) is 2.09. The van der Waals surface area contributed by atoms with Crippen LogP contribution in [0.4, 0.5) is 5.88 Å². The van der Waals surface area contributed by atoms with E-state index in [1.165, 1.54) is 0 Å². The van der Waals surface area contributed by atoms with E-state index in [2.05, 4.69) is 10.2 Å². The van der Waals surface area contributed by atoms with E-state index in [1.54, 1.807) is 0 Å². The minimum absolute atomic E-state index is 0.258. The Labute approximate surface area is 90.2 Å². The Kier molecular flexibility index (Phi) is 3.28. The Balaban J connectivity index is 1.88. The second kappa shape index (κ2) is 4.68. The molecule has 1 aromatic heterocycles. The van der Waals surface area contributed by atoms with Gasteiger partial charge in [-0.2, -0.15) is 0 Å². The number of hydrogen-bond acceptors (Lipinski definition) is 4. The van der Waals surface area contributed by atoms with Crippen LogP contribution in [0.1, 0.15) is 5.76 Å². The molecule has 15 heavy (non-hydrogen) atoms. The van der Waals surface area contributed by atoms with Gasteiger partial charge in [-0.15, -0.1) is 0 Å². The molecule has 0 radical (unpaired) electrons. The Hall–Kier alpha value is -1.00. The predicted molar refractivity (Wildman–Crippen MR) is 59.3 cm³/mol. The molecule has 2 heterocycles. The van der Waals surface area contributed by atoms with Crippen molar-refractivity contribution in [2.75, 3.05) is 38.2 Å². The minimum Gasteiger partial charge on any atom is -0.446 e. The molecule has 1 N–H and O–H groups in total. The van der Waals surface area contributed by atoms with Gasteiger partial charge in [0.1, 0.15) is 5.76 Å². The maximum Gasteiger partial charge on any atom is 0.195 e. The van der Waals surface area contributed by atoms with Crippen LogP contribution in [0.25, 0.3) is 0 Å². The molecular weight excluding hydrogens is 192 g/mol. The van der Waals surface area contributed by atoms with Crippen molar-refractivity contribution in [3.63, 3.8) is 0 Å². The van der Waals surface area contributed by atoms with Crippen molar-refractivity contribution in [2.24, 2.45) is 0 Å². The lowest BCUT2D eigenvalue weighted by atomic mass is 10.3. The van der Waals surface area contributed by atoms with Crippen molar-refractivity contribution in [1.82, 2.24) is 5.32 Å². The lowest BCUT2D eigenvalue weighted by Crippen LogP contribution is -2.44. The second-order valence-electron chi connectivity index (χ2n) is 3.96. The van der Waals surface area contributed by atoms with E-state index in [1.807, 2.05) is 26.1 Å². The monoisotopic (exact) mass is 210 g/mol. The van der Waals surface area contributed by atoms with E-state index in [9.17, 15) is 0 Å². The summed E-state index contributed by atoms with van der Waals surface area (Å²) in [5, 5.41) is 3.31. The van der Waals surface area contributed by atoms with Gasteiger partial charge >= 0.3 is 0 Å². The standard InChI is InChI=1S/C11H18N2O2/c1-9-3-4-11(15-9)13(2)8-10-7-12-5-6-14-10/h3-4,10,12H,5-8H2,1-2H3. The van der Waals surface area contributed by atoms with Gasteiger partial charge in [0, 0.05) is 32.7 Å². The molecule has 4 heteroatoms. The second-order valence-corrected chi connectivity index (χ2v) is 3.96. The summed E-state index contributed by atoms with van der Waals surface area (Å²) in [7, 11) is 2.02. The van der Waals surface area contributed by atoms with Crippen molar-refractivity contribution in [1.29, 1.82) is 0 Å². The molecule has 0 amide bonds. The SMILES string of the molecule is Cc1ccc(N(C)CC2CNCCO2)o1. The largest absolute Gasteiger partial charge is 0.446 e. The van der Waals surface area contributed by atoms with Crippen LogP contribution < -0.4 is 10.2 Å². The van der Waals surface area contributed by atoms with Gasteiger partial charge in [0.05, 0.1) is 12.7 Å². The molecule has 1 unspecified atom stereocenters. The van der Waals surface area contributed by atoms with Gasteiger partial charge in [-0.1, -0.05) is 0 Å². The zero-order valence-electron chi connectivity index (χ0n) is 9.32. The van der Waals surface area contributed by atoms with Crippen molar-refractivity contribution in [2.45, 2.75) is 13.0 Å². The third-order valence-corrected chi connectivity index (χ3v) is 2.58. The number of rotatable bonds is 3. The highest BCUT2D eigenvalue weighted by Crippen LogP contribution is 2.17. The average molecular weight is 210 g/mol. The van der Waals surface area contributed by atoms with Crippen molar-refractivity contribution in [3.05, 3.63) is 17.9 Å². The molecule has 1 aromatic rings. The summed E-state index contributed by atoms with van der Waals surface area (Å²) in [6.07, 6.45) is 0.258. The molecule has 0 spiro atoms. The van der Waals surface area contributed by atoms with Crippen LogP contribution in [0.15, 0.2) is 16.5 Å². The van der Waals surface area contributed by atoms with Crippen LogP contribution in [-0.2, 0) is 4.74 Å². The lowest BCUT2D eigenvalue weighted by Gasteiger charge is -2.27. The third kappa shape index (κ3) is 2.73. The average Bonchev–Trinajstić information content (AvgIpc) is 2.66. The van der Waals surface area contributed by atoms with Gasteiger partial charge in [0.2, 0.25) is 0 Å². The van der Waals surface area contributed by atoms with Gasteiger partial charge in [-0.25, -0.2) is 0 Å². The molecule has 0 aromatic carbocycles. The number of furan rings is 1. The molecule has 0 saturated carbocycles. The molecule has 1 saturated heterocycles. The summed E-state index contributed by atoms with van der Waals surface area (Å²) in [5.74, 6) is 1.85.